The maximum absolute atomic E-state index is 6.29. The molecule has 110 valence electrons. The highest BCUT2D eigenvalue weighted by atomic mass is 79.9. The molecule has 0 saturated heterocycles. The Morgan fingerprint density at radius 3 is 2.65 bits per heavy atom. The lowest BCUT2D eigenvalue weighted by Crippen LogP contribution is -2.30. The molecule has 1 heterocycles. The number of nitrogens with zero attached hydrogens (tertiary/aromatic N) is 3. The van der Waals surface area contributed by atoms with Gasteiger partial charge in [0, 0.05) is 23.6 Å². The summed E-state index contributed by atoms with van der Waals surface area (Å²) in [6.45, 7) is 8.25. The first kappa shape index (κ1) is 15.8. The summed E-state index contributed by atoms with van der Waals surface area (Å²) in [6, 6.07) is 6.70. The van der Waals surface area contributed by atoms with Crippen molar-refractivity contribution in [3.05, 3.63) is 28.5 Å². The van der Waals surface area contributed by atoms with E-state index in [0.717, 1.165) is 34.4 Å². The van der Waals surface area contributed by atoms with Crippen LogP contribution in [0.25, 0.3) is 11.0 Å². The van der Waals surface area contributed by atoms with Crippen molar-refractivity contribution in [1.29, 1.82) is 0 Å². The average Bonchev–Trinajstić information content (AvgIpc) is 2.73. The van der Waals surface area contributed by atoms with Crippen molar-refractivity contribution in [2.75, 3.05) is 13.6 Å². The highest BCUT2D eigenvalue weighted by Gasteiger charge is 2.15. The van der Waals surface area contributed by atoms with Crippen LogP contribution in [0.2, 0.25) is 0 Å². The van der Waals surface area contributed by atoms with E-state index in [1.54, 1.807) is 0 Å². The van der Waals surface area contributed by atoms with Crippen LogP contribution in [0, 0.1) is 0 Å². The highest BCUT2D eigenvalue weighted by molar-refractivity contribution is 9.10. The predicted octanol–water partition coefficient (Wildman–Crippen LogP) is 4.44. The molecule has 0 aliphatic carbocycles. The van der Waals surface area contributed by atoms with Crippen LogP contribution < -0.4 is 0 Å². The summed E-state index contributed by atoms with van der Waals surface area (Å²) < 4.78 is 3.30. The zero-order chi connectivity index (χ0) is 14.9. The largest absolute Gasteiger partial charge is 0.325 e. The van der Waals surface area contributed by atoms with Gasteiger partial charge in [0.05, 0.1) is 16.4 Å². The standard InChI is InChI=1S/C15H21BrClN3/c1-10(2)19(4)7-8-20-14-9-12(16)5-6-13(14)18-15(20)11(3)17/h5-6,9-11H,7-8H2,1-4H3. The summed E-state index contributed by atoms with van der Waals surface area (Å²) in [5, 5.41) is -0.0921. The molecule has 0 N–H and O–H groups in total. The van der Waals surface area contributed by atoms with Crippen molar-refractivity contribution in [3.8, 4) is 0 Å². The maximum Gasteiger partial charge on any atom is 0.127 e. The van der Waals surface area contributed by atoms with Gasteiger partial charge in [-0.1, -0.05) is 15.9 Å². The van der Waals surface area contributed by atoms with Gasteiger partial charge in [0.1, 0.15) is 5.82 Å². The molecule has 0 fully saturated rings. The number of aromatic nitrogens is 2. The normalized spacial score (nSPS) is 13.6. The van der Waals surface area contributed by atoms with Gasteiger partial charge in [0.2, 0.25) is 0 Å². The van der Waals surface area contributed by atoms with E-state index >= 15 is 0 Å². The Balaban J connectivity index is 2.38. The summed E-state index contributed by atoms with van der Waals surface area (Å²) >= 11 is 9.82. The fourth-order valence-electron chi connectivity index (χ4n) is 2.17. The molecule has 1 unspecified atom stereocenters. The van der Waals surface area contributed by atoms with Gasteiger partial charge in [-0.15, -0.1) is 11.6 Å². The van der Waals surface area contributed by atoms with Crippen molar-refractivity contribution in [1.82, 2.24) is 14.5 Å². The molecule has 0 aliphatic heterocycles. The lowest BCUT2D eigenvalue weighted by molar-refractivity contribution is 0.263. The van der Waals surface area contributed by atoms with Crippen molar-refractivity contribution < 1.29 is 0 Å². The molecule has 1 aromatic carbocycles. The zero-order valence-electron chi connectivity index (χ0n) is 12.4. The third-order valence-electron chi connectivity index (χ3n) is 3.65. The van der Waals surface area contributed by atoms with Gasteiger partial charge in [0.25, 0.3) is 0 Å². The van der Waals surface area contributed by atoms with Gasteiger partial charge in [0.15, 0.2) is 0 Å². The van der Waals surface area contributed by atoms with Crippen LogP contribution >= 0.6 is 27.5 Å². The second-order valence-electron chi connectivity index (χ2n) is 5.45. The fraction of sp³-hybridized carbons (Fsp3) is 0.533. The Morgan fingerprint density at radius 1 is 1.35 bits per heavy atom. The number of halogens is 2. The van der Waals surface area contributed by atoms with Gasteiger partial charge >= 0.3 is 0 Å². The molecule has 2 rings (SSSR count). The number of hydrogen-bond donors (Lipinski definition) is 0. The Hall–Kier alpha value is -0.580. The van der Waals surface area contributed by atoms with Gasteiger partial charge < -0.3 is 9.47 Å². The minimum Gasteiger partial charge on any atom is -0.325 e. The van der Waals surface area contributed by atoms with Crippen LogP contribution in [0.1, 0.15) is 32.0 Å². The molecule has 5 heteroatoms. The lowest BCUT2D eigenvalue weighted by atomic mass is 10.3. The van der Waals surface area contributed by atoms with Crippen molar-refractivity contribution in [2.24, 2.45) is 0 Å². The van der Waals surface area contributed by atoms with E-state index in [9.17, 15) is 0 Å². The summed E-state index contributed by atoms with van der Waals surface area (Å²) in [5.74, 6) is 0.942. The molecule has 0 spiro atoms. The SMILES string of the molecule is CC(Cl)c1nc2ccc(Br)cc2n1CCN(C)C(C)C. The Kier molecular flexibility index (Phi) is 5.10. The van der Waals surface area contributed by atoms with Crippen LogP contribution in [0.3, 0.4) is 0 Å². The van der Waals surface area contributed by atoms with E-state index in [0.29, 0.717) is 6.04 Å². The fourth-order valence-corrected chi connectivity index (χ4v) is 2.68. The van der Waals surface area contributed by atoms with E-state index in [1.165, 1.54) is 0 Å². The quantitative estimate of drug-likeness (QED) is 0.737. The third kappa shape index (κ3) is 3.35. The van der Waals surface area contributed by atoms with E-state index in [2.05, 4.69) is 57.3 Å². The number of rotatable bonds is 5. The maximum atomic E-state index is 6.29. The first-order valence-corrected chi connectivity index (χ1v) is 8.13. The van der Waals surface area contributed by atoms with Crippen LogP contribution in [-0.4, -0.2) is 34.1 Å². The summed E-state index contributed by atoms with van der Waals surface area (Å²) in [6.07, 6.45) is 0. The number of hydrogen-bond acceptors (Lipinski definition) is 2. The predicted molar refractivity (Wildman–Crippen MR) is 89.5 cm³/mol. The number of alkyl halides is 1. The number of benzene rings is 1. The molecule has 0 bridgehead atoms. The molecule has 1 aromatic heterocycles. The summed E-state index contributed by atoms with van der Waals surface area (Å²) in [5.41, 5.74) is 2.14. The molecule has 0 aliphatic rings. The van der Waals surface area contributed by atoms with Crippen LogP contribution in [-0.2, 0) is 6.54 Å². The van der Waals surface area contributed by atoms with Crippen molar-refractivity contribution in [2.45, 2.75) is 38.7 Å². The first-order valence-electron chi connectivity index (χ1n) is 6.90. The molecular weight excluding hydrogens is 338 g/mol. The average molecular weight is 359 g/mol. The zero-order valence-corrected chi connectivity index (χ0v) is 14.7. The summed E-state index contributed by atoms with van der Waals surface area (Å²) in [7, 11) is 2.14. The Bertz CT molecular complexity index is 592. The smallest absolute Gasteiger partial charge is 0.127 e. The molecule has 3 nitrogen and oxygen atoms in total. The van der Waals surface area contributed by atoms with E-state index in [1.807, 2.05) is 19.1 Å². The molecule has 2 aromatic rings. The molecule has 0 radical (unpaired) electrons. The van der Waals surface area contributed by atoms with Crippen LogP contribution in [0.4, 0.5) is 0 Å². The van der Waals surface area contributed by atoms with Crippen LogP contribution in [0.5, 0.6) is 0 Å². The number of fused-ring (bicyclic) bond motifs is 1. The molecule has 0 saturated carbocycles. The number of imidazole rings is 1. The van der Waals surface area contributed by atoms with Gasteiger partial charge in [-0.05, 0) is 46.0 Å². The van der Waals surface area contributed by atoms with Crippen molar-refractivity contribution in [3.63, 3.8) is 0 Å². The van der Waals surface area contributed by atoms with Gasteiger partial charge in [-0.2, -0.15) is 0 Å². The molecular formula is C15H21BrClN3. The van der Waals surface area contributed by atoms with E-state index in [-0.39, 0.29) is 5.38 Å². The van der Waals surface area contributed by atoms with Crippen molar-refractivity contribution >= 4 is 38.6 Å². The molecule has 20 heavy (non-hydrogen) atoms. The third-order valence-corrected chi connectivity index (χ3v) is 4.34. The van der Waals surface area contributed by atoms with Crippen LogP contribution in [0.15, 0.2) is 22.7 Å². The van der Waals surface area contributed by atoms with Gasteiger partial charge in [-0.3, -0.25) is 0 Å². The second kappa shape index (κ2) is 6.46. The monoisotopic (exact) mass is 357 g/mol. The second-order valence-corrected chi connectivity index (χ2v) is 7.02. The molecule has 1 atom stereocenters. The Labute approximate surface area is 134 Å². The Morgan fingerprint density at radius 2 is 2.05 bits per heavy atom. The van der Waals surface area contributed by atoms with Gasteiger partial charge in [-0.25, -0.2) is 4.98 Å². The lowest BCUT2D eigenvalue weighted by Gasteiger charge is -2.22. The minimum absolute atomic E-state index is 0.0921. The minimum atomic E-state index is -0.0921. The van der Waals surface area contributed by atoms with E-state index < -0.39 is 0 Å². The summed E-state index contributed by atoms with van der Waals surface area (Å²) in [4.78, 5) is 6.99. The number of likely N-dealkylation sites (N-methyl/N-ethyl adjacent to an activating group) is 1. The highest BCUT2D eigenvalue weighted by Crippen LogP contribution is 2.26. The van der Waals surface area contributed by atoms with E-state index in [4.69, 9.17) is 11.6 Å². The topological polar surface area (TPSA) is 21.1 Å². The molecule has 0 amide bonds. The first-order chi connectivity index (χ1) is 9.40.